The number of esters is 1. The molecule has 0 unspecified atom stereocenters. The first-order valence-electron chi connectivity index (χ1n) is 14.2. The molecule has 1 aliphatic heterocycles. The van der Waals surface area contributed by atoms with Gasteiger partial charge in [0.2, 0.25) is 0 Å². The molecule has 1 aromatic heterocycles. The number of allylic oxidation sites excluding steroid dienone is 1. The van der Waals surface area contributed by atoms with Crippen molar-refractivity contribution in [2.45, 2.75) is 26.5 Å². The normalized spacial score (nSPS) is 14.7. The average molecular weight is 751 g/mol. The number of hydrogen-bond donors (Lipinski definition) is 0. The first-order valence-corrected chi connectivity index (χ1v) is 16.5. The summed E-state index contributed by atoms with van der Waals surface area (Å²) in [5, 5.41) is 2.72. The van der Waals surface area contributed by atoms with Gasteiger partial charge in [0.1, 0.15) is 12.6 Å². The van der Waals surface area contributed by atoms with Crippen LogP contribution < -0.4 is 24.4 Å². The fourth-order valence-electron chi connectivity index (χ4n) is 5.47. The van der Waals surface area contributed by atoms with Crippen LogP contribution in [0.15, 0.2) is 99.9 Å². The zero-order valence-corrected chi connectivity index (χ0v) is 28.4. The number of carbonyl (C=O) groups excluding carboxylic acids is 1. The van der Waals surface area contributed by atoms with E-state index in [1.54, 1.807) is 39.2 Å². The third kappa shape index (κ3) is 6.04. The number of ether oxygens (including phenoxy) is 3. The maximum atomic E-state index is 14.0. The molecule has 228 valence electrons. The van der Waals surface area contributed by atoms with Gasteiger partial charge in [0, 0.05) is 5.02 Å². The molecule has 10 heteroatoms. The number of benzene rings is 4. The van der Waals surface area contributed by atoms with E-state index in [9.17, 15) is 9.59 Å². The van der Waals surface area contributed by atoms with E-state index in [4.69, 9.17) is 25.8 Å². The van der Waals surface area contributed by atoms with Gasteiger partial charge in [0.25, 0.3) is 5.56 Å². The maximum Gasteiger partial charge on any atom is 0.338 e. The Bertz CT molecular complexity index is 2170. The van der Waals surface area contributed by atoms with Gasteiger partial charge in [-0.3, -0.25) is 9.36 Å². The van der Waals surface area contributed by atoms with E-state index < -0.39 is 12.0 Å². The molecule has 0 fully saturated rings. The highest BCUT2D eigenvalue weighted by Crippen LogP contribution is 2.36. The van der Waals surface area contributed by atoms with Crippen LogP contribution in [-0.4, -0.2) is 24.3 Å². The van der Waals surface area contributed by atoms with Gasteiger partial charge in [-0.1, -0.05) is 83.6 Å². The number of methoxy groups -OCH3 is 1. The molecule has 0 radical (unpaired) electrons. The largest absolute Gasteiger partial charge is 0.493 e. The van der Waals surface area contributed by atoms with Crippen molar-refractivity contribution in [2.24, 2.45) is 4.99 Å². The van der Waals surface area contributed by atoms with Crippen molar-refractivity contribution < 1.29 is 19.0 Å². The molecular formula is C35H28ClIN2O5S. The lowest BCUT2D eigenvalue weighted by Gasteiger charge is -2.25. The summed E-state index contributed by atoms with van der Waals surface area (Å²) in [6.07, 6.45) is 1.80. The van der Waals surface area contributed by atoms with E-state index in [0.29, 0.717) is 43.7 Å². The number of carbonyl (C=O) groups is 1. The smallest absolute Gasteiger partial charge is 0.338 e. The Kier molecular flexibility index (Phi) is 9.11. The van der Waals surface area contributed by atoms with Gasteiger partial charge < -0.3 is 14.2 Å². The van der Waals surface area contributed by atoms with Gasteiger partial charge >= 0.3 is 5.97 Å². The fourth-order valence-corrected chi connectivity index (χ4v) is 7.53. The standard InChI is InChI=1S/C35H28ClIN2O5S/c1-4-43-34(41)30-20(2)38-35-39(31(30)25-14-7-8-15-26(25)36)33(40)29(45-35)18-21-16-27(37)32(28(17-21)42-3)44-19-23-12-9-11-22-10-5-6-13-24(22)23/h5-18,31H,4,19H2,1-3H3/b29-18-/t31-/m0/s1. The van der Waals surface area contributed by atoms with E-state index in [0.717, 1.165) is 25.5 Å². The summed E-state index contributed by atoms with van der Waals surface area (Å²) in [5.74, 6) is 0.643. The number of aromatic nitrogens is 1. The first-order chi connectivity index (χ1) is 21.8. The van der Waals surface area contributed by atoms with Crippen LogP contribution >= 0.6 is 45.5 Å². The Balaban J connectivity index is 1.40. The fraction of sp³-hybridized carbons (Fsp3) is 0.171. The molecule has 0 spiro atoms. The summed E-state index contributed by atoms with van der Waals surface area (Å²) in [5.41, 5.74) is 2.93. The second-order valence-corrected chi connectivity index (χ2v) is 12.9. The van der Waals surface area contributed by atoms with E-state index in [1.807, 2.05) is 42.5 Å². The summed E-state index contributed by atoms with van der Waals surface area (Å²) in [7, 11) is 1.59. The first kappa shape index (κ1) is 31.1. The molecule has 4 aromatic carbocycles. The van der Waals surface area contributed by atoms with Crippen molar-refractivity contribution in [2.75, 3.05) is 13.7 Å². The van der Waals surface area contributed by atoms with Crippen molar-refractivity contribution >= 4 is 68.3 Å². The molecule has 1 atom stereocenters. The van der Waals surface area contributed by atoms with Crippen LogP contribution in [0, 0.1) is 3.57 Å². The quantitative estimate of drug-likeness (QED) is 0.129. The van der Waals surface area contributed by atoms with Crippen LogP contribution in [0.5, 0.6) is 11.5 Å². The van der Waals surface area contributed by atoms with Gasteiger partial charge in [-0.2, -0.15) is 0 Å². The predicted molar refractivity (Wildman–Crippen MR) is 186 cm³/mol. The second-order valence-electron chi connectivity index (χ2n) is 10.3. The Hall–Kier alpha value is -3.93. The van der Waals surface area contributed by atoms with Crippen LogP contribution in [-0.2, 0) is 16.1 Å². The monoisotopic (exact) mass is 750 g/mol. The zero-order chi connectivity index (χ0) is 31.7. The molecule has 2 heterocycles. The lowest BCUT2D eigenvalue weighted by Crippen LogP contribution is -2.40. The van der Waals surface area contributed by atoms with Crippen LogP contribution in [0.1, 0.15) is 36.6 Å². The lowest BCUT2D eigenvalue weighted by atomic mass is 9.96. The number of hydrogen-bond acceptors (Lipinski definition) is 7. The number of halogens is 2. The maximum absolute atomic E-state index is 14.0. The molecule has 0 bridgehead atoms. The second kappa shape index (κ2) is 13.2. The van der Waals surface area contributed by atoms with Gasteiger partial charge in [-0.25, -0.2) is 9.79 Å². The minimum absolute atomic E-state index is 0.192. The molecule has 0 saturated heterocycles. The molecule has 0 N–H and O–H groups in total. The summed E-state index contributed by atoms with van der Waals surface area (Å²) in [4.78, 5) is 32.3. The van der Waals surface area contributed by atoms with Crippen LogP contribution in [0.2, 0.25) is 5.02 Å². The molecule has 6 rings (SSSR count). The Morgan fingerprint density at radius 1 is 1.09 bits per heavy atom. The molecule has 45 heavy (non-hydrogen) atoms. The minimum atomic E-state index is -0.782. The van der Waals surface area contributed by atoms with Crippen molar-refractivity contribution in [1.29, 1.82) is 0 Å². The van der Waals surface area contributed by atoms with E-state index in [-0.39, 0.29) is 17.7 Å². The van der Waals surface area contributed by atoms with Gasteiger partial charge in [-0.15, -0.1) is 0 Å². The molecule has 0 aliphatic carbocycles. The highest BCUT2D eigenvalue weighted by Gasteiger charge is 2.34. The molecule has 5 aromatic rings. The Morgan fingerprint density at radius 3 is 2.62 bits per heavy atom. The van der Waals surface area contributed by atoms with Crippen molar-refractivity contribution in [3.05, 3.63) is 135 Å². The lowest BCUT2D eigenvalue weighted by molar-refractivity contribution is -0.139. The van der Waals surface area contributed by atoms with E-state index in [2.05, 4.69) is 51.8 Å². The third-order valence-electron chi connectivity index (χ3n) is 7.52. The predicted octanol–water partition coefficient (Wildman–Crippen LogP) is 6.80. The van der Waals surface area contributed by atoms with Crippen LogP contribution in [0.25, 0.3) is 16.8 Å². The number of nitrogens with zero attached hydrogens (tertiary/aromatic N) is 2. The molecule has 7 nitrogen and oxygen atoms in total. The topological polar surface area (TPSA) is 79.1 Å². The SMILES string of the molecule is CCOC(=O)C1=C(C)N=c2s/c(=C\c3cc(I)c(OCc4cccc5ccccc45)c(OC)c3)c(=O)n2[C@H]1c1ccccc1Cl. The summed E-state index contributed by atoms with van der Waals surface area (Å²) >= 11 is 10.1. The van der Waals surface area contributed by atoms with Gasteiger partial charge in [0.05, 0.1) is 33.1 Å². The molecule has 0 amide bonds. The van der Waals surface area contributed by atoms with Crippen molar-refractivity contribution in [3.63, 3.8) is 0 Å². The molecule has 1 aliphatic rings. The number of thiazole rings is 1. The van der Waals surface area contributed by atoms with Gasteiger partial charge in [0.15, 0.2) is 16.3 Å². The van der Waals surface area contributed by atoms with Crippen molar-refractivity contribution in [3.8, 4) is 11.5 Å². The molecule has 0 saturated carbocycles. The zero-order valence-electron chi connectivity index (χ0n) is 24.7. The summed E-state index contributed by atoms with van der Waals surface area (Å²) in [6.45, 7) is 4.05. The molecular weight excluding hydrogens is 723 g/mol. The summed E-state index contributed by atoms with van der Waals surface area (Å²) in [6, 6.07) is 24.6. The van der Waals surface area contributed by atoms with Crippen LogP contribution in [0.4, 0.5) is 0 Å². The van der Waals surface area contributed by atoms with E-state index >= 15 is 0 Å². The van der Waals surface area contributed by atoms with E-state index in [1.165, 1.54) is 15.9 Å². The summed E-state index contributed by atoms with van der Waals surface area (Å²) < 4.78 is 20.2. The van der Waals surface area contributed by atoms with Crippen LogP contribution in [0.3, 0.4) is 0 Å². The number of fused-ring (bicyclic) bond motifs is 2. The van der Waals surface area contributed by atoms with Crippen molar-refractivity contribution in [1.82, 2.24) is 4.57 Å². The Morgan fingerprint density at radius 2 is 1.84 bits per heavy atom. The Labute approximate surface area is 282 Å². The van der Waals surface area contributed by atoms with Gasteiger partial charge in [-0.05, 0) is 88.2 Å². The number of rotatable bonds is 8. The highest BCUT2D eigenvalue weighted by atomic mass is 127. The average Bonchev–Trinajstić information content (AvgIpc) is 3.33. The highest BCUT2D eigenvalue weighted by molar-refractivity contribution is 14.1. The minimum Gasteiger partial charge on any atom is -0.493 e. The third-order valence-corrected chi connectivity index (χ3v) is 9.65.